The minimum atomic E-state index is -0.733. The lowest BCUT2D eigenvalue weighted by molar-refractivity contribution is 0.0999. The SMILES string of the molecule is CC(Cl)COC(=O)Oc1ccccc1. The number of alkyl halides is 1. The van der Waals surface area contributed by atoms with Crippen molar-refractivity contribution in [2.24, 2.45) is 0 Å². The van der Waals surface area contributed by atoms with Crippen LogP contribution in [0.4, 0.5) is 4.79 Å². The van der Waals surface area contributed by atoms with Crippen molar-refractivity contribution in [3.05, 3.63) is 30.3 Å². The lowest BCUT2D eigenvalue weighted by Crippen LogP contribution is -2.15. The van der Waals surface area contributed by atoms with E-state index in [1.54, 1.807) is 31.2 Å². The number of carbonyl (C=O) groups excluding carboxylic acids is 1. The fraction of sp³-hybridized carbons (Fsp3) is 0.300. The van der Waals surface area contributed by atoms with E-state index in [0.717, 1.165) is 0 Å². The Balaban J connectivity index is 2.35. The molecule has 1 aromatic carbocycles. The zero-order valence-corrected chi connectivity index (χ0v) is 8.53. The second-order valence-corrected chi connectivity index (χ2v) is 3.50. The molecule has 0 amide bonds. The summed E-state index contributed by atoms with van der Waals surface area (Å²) in [6, 6.07) is 8.72. The molecular weight excluding hydrogens is 204 g/mol. The van der Waals surface area contributed by atoms with Crippen molar-refractivity contribution in [1.82, 2.24) is 0 Å². The van der Waals surface area contributed by atoms with Crippen LogP contribution in [0, 0.1) is 0 Å². The highest BCUT2D eigenvalue weighted by Gasteiger charge is 2.06. The number of para-hydroxylation sites is 1. The second-order valence-electron chi connectivity index (χ2n) is 2.76. The van der Waals surface area contributed by atoms with Crippen LogP contribution in [0.25, 0.3) is 0 Å². The largest absolute Gasteiger partial charge is 0.513 e. The molecule has 0 aliphatic heterocycles. The predicted molar refractivity (Wildman–Crippen MR) is 53.7 cm³/mol. The van der Waals surface area contributed by atoms with E-state index in [9.17, 15) is 4.79 Å². The maximum absolute atomic E-state index is 11.0. The van der Waals surface area contributed by atoms with E-state index in [2.05, 4.69) is 0 Å². The van der Waals surface area contributed by atoms with Crippen LogP contribution in [0.15, 0.2) is 30.3 Å². The van der Waals surface area contributed by atoms with Gasteiger partial charge in [-0.25, -0.2) is 4.79 Å². The van der Waals surface area contributed by atoms with Gasteiger partial charge in [0.05, 0.1) is 5.38 Å². The molecule has 0 saturated heterocycles. The van der Waals surface area contributed by atoms with E-state index < -0.39 is 6.16 Å². The Morgan fingerprint density at radius 1 is 1.43 bits per heavy atom. The minimum Gasteiger partial charge on any atom is -0.432 e. The molecule has 14 heavy (non-hydrogen) atoms. The highest BCUT2D eigenvalue weighted by atomic mass is 35.5. The summed E-state index contributed by atoms with van der Waals surface area (Å²) in [5.41, 5.74) is 0. The summed E-state index contributed by atoms with van der Waals surface area (Å²) in [7, 11) is 0. The first kappa shape index (κ1) is 10.9. The van der Waals surface area contributed by atoms with Crippen LogP contribution in [0.2, 0.25) is 0 Å². The van der Waals surface area contributed by atoms with Crippen LogP contribution in [0.5, 0.6) is 5.75 Å². The van der Waals surface area contributed by atoms with Gasteiger partial charge >= 0.3 is 6.16 Å². The Morgan fingerprint density at radius 3 is 2.64 bits per heavy atom. The molecule has 0 N–H and O–H groups in total. The molecule has 0 heterocycles. The van der Waals surface area contributed by atoms with Gasteiger partial charge in [0, 0.05) is 0 Å². The molecule has 0 saturated carbocycles. The average Bonchev–Trinajstić information content (AvgIpc) is 2.16. The monoisotopic (exact) mass is 214 g/mol. The quantitative estimate of drug-likeness (QED) is 0.441. The van der Waals surface area contributed by atoms with E-state index in [1.165, 1.54) is 0 Å². The molecule has 0 aliphatic carbocycles. The predicted octanol–water partition coefficient (Wildman–Crippen LogP) is 2.83. The van der Waals surface area contributed by atoms with E-state index >= 15 is 0 Å². The average molecular weight is 215 g/mol. The van der Waals surface area contributed by atoms with Crippen molar-refractivity contribution in [2.45, 2.75) is 12.3 Å². The van der Waals surface area contributed by atoms with Crippen molar-refractivity contribution in [2.75, 3.05) is 6.61 Å². The maximum Gasteiger partial charge on any atom is 0.513 e. The number of hydrogen-bond donors (Lipinski definition) is 0. The Hall–Kier alpha value is -1.22. The summed E-state index contributed by atoms with van der Waals surface area (Å²) in [4.78, 5) is 11.0. The van der Waals surface area contributed by atoms with Crippen molar-refractivity contribution in [1.29, 1.82) is 0 Å². The summed E-state index contributed by atoms with van der Waals surface area (Å²) in [5, 5.41) is -0.210. The molecule has 3 nitrogen and oxygen atoms in total. The molecule has 1 atom stereocenters. The lowest BCUT2D eigenvalue weighted by atomic mass is 10.3. The molecule has 1 aromatic rings. The summed E-state index contributed by atoms with van der Waals surface area (Å²) < 4.78 is 9.56. The van der Waals surface area contributed by atoms with Crippen molar-refractivity contribution in [3.63, 3.8) is 0 Å². The highest BCUT2D eigenvalue weighted by Crippen LogP contribution is 2.09. The second kappa shape index (κ2) is 5.50. The summed E-state index contributed by atoms with van der Waals surface area (Å²) >= 11 is 5.59. The summed E-state index contributed by atoms with van der Waals surface area (Å²) in [6.45, 7) is 1.88. The summed E-state index contributed by atoms with van der Waals surface area (Å²) in [5.74, 6) is 0.458. The zero-order valence-electron chi connectivity index (χ0n) is 7.77. The fourth-order valence-electron chi connectivity index (χ4n) is 0.797. The third kappa shape index (κ3) is 4.14. The summed E-state index contributed by atoms with van der Waals surface area (Å²) in [6.07, 6.45) is -0.733. The molecule has 0 bridgehead atoms. The molecule has 1 rings (SSSR count). The Labute approximate surface area is 87.6 Å². The Kier molecular flexibility index (Phi) is 4.26. The van der Waals surface area contributed by atoms with Crippen LogP contribution in [0.1, 0.15) is 6.92 Å². The van der Waals surface area contributed by atoms with E-state index in [-0.39, 0.29) is 12.0 Å². The number of carbonyl (C=O) groups is 1. The van der Waals surface area contributed by atoms with Crippen molar-refractivity contribution >= 4 is 17.8 Å². The molecule has 1 unspecified atom stereocenters. The van der Waals surface area contributed by atoms with Crippen molar-refractivity contribution in [3.8, 4) is 5.75 Å². The highest BCUT2D eigenvalue weighted by molar-refractivity contribution is 6.20. The van der Waals surface area contributed by atoms with Crippen LogP contribution in [-0.4, -0.2) is 18.1 Å². The molecule has 4 heteroatoms. The first-order chi connectivity index (χ1) is 6.68. The van der Waals surface area contributed by atoms with Gasteiger partial charge in [-0.05, 0) is 19.1 Å². The molecule has 76 valence electrons. The molecule has 0 fully saturated rings. The van der Waals surface area contributed by atoms with Crippen molar-refractivity contribution < 1.29 is 14.3 Å². The van der Waals surface area contributed by atoms with Gasteiger partial charge in [0.25, 0.3) is 0 Å². The third-order valence-electron chi connectivity index (χ3n) is 1.38. The van der Waals surface area contributed by atoms with Gasteiger partial charge in [0.15, 0.2) is 0 Å². The smallest absolute Gasteiger partial charge is 0.432 e. The van der Waals surface area contributed by atoms with E-state index in [0.29, 0.717) is 5.75 Å². The Morgan fingerprint density at radius 2 is 2.07 bits per heavy atom. The topological polar surface area (TPSA) is 35.5 Å². The number of rotatable bonds is 3. The molecule has 0 aromatic heterocycles. The van der Waals surface area contributed by atoms with E-state index in [4.69, 9.17) is 21.1 Å². The normalized spacial score (nSPS) is 11.9. The zero-order chi connectivity index (χ0) is 10.4. The van der Waals surface area contributed by atoms with Gasteiger partial charge in [0.1, 0.15) is 12.4 Å². The van der Waals surface area contributed by atoms with E-state index in [1.807, 2.05) is 6.07 Å². The van der Waals surface area contributed by atoms with Crippen LogP contribution in [0.3, 0.4) is 0 Å². The number of hydrogen-bond acceptors (Lipinski definition) is 3. The molecule has 0 spiro atoms. The van der Waals surface area contributed by atoms with Gasteiger partial charge in [-0.1, -0.05) is 18.2 Å². The van der Waals surface area contributed by atoms with Crippen LogP contribution < -0.4 is 4.74 Å². The third-order valence-corrected chi connectivity index (χ3v) is 1.50. The van der Waals surface area contributed by atoms with Gasteiger partial charge in [0.2, 0.25) is 0 Å². The lowest BCUT2D eigenvalue weighted by Gasteiger charge is -2.06. The molecule has 0 aliphatic rings. The molecule has 0 radical (unpaired) electrons. The Bertz CT molecular complexity index is 285. The van der Waals surface area contributed by atoms with Crippen LogP contribution in [-0.2, 0) is 4.74 Å². The van der Waals surface area contributed by atoms with Gasteiger partial charge < -0.3 is 9.47 Å². The number of ether oxygens (including phenoxy) is 2. The van der Waals surface area contributed by atoms with Gasteiger partial charge in [-0.2, -0.15) is 0 Å². The maximum atomic E-state index is 11.0. The minimum absolute atomic E-state index is 0.146. The fourth-order valence-corrected chi connectivity index (χ4v) is 0.860. The first-order valence-electron chi connectivity index (χ1n) is 4.22. The first-order valence-corrected chi connectivity index (χ1v) is 4.66. The molecular formula is C10H11ClO3. The standard InChI is InChI=1S/C10H11ClO3/c1-8(11)7-13-10(12)14-9-5-3-2-4-6-9/h2-6,8H,7H2,1H3. The number of halogens is 1. The van der Waals surface area contributed by atoms with Gasteiger partial charge in [-0.15, -0.1) is 11.6 Å². The van der Waals surface area contributed by atoms with Crippen LogP contribution >= 0.6 is 11.6 Å². The number of benzene rings is 1. The van der Waals surface area contributed by atoms with Gasteiger partial charge in [-0.3, -0.25) is 0 Å².